The Hall–Kier alpha value is -1.32. The Morgan fingerprint density at radius 3 is 2.53 bits per heavy atom. The fourth-order valence-electron chi connectivity index (χ4n) is 1.99. The molecule has 3 heteroatoms. The van der Waals surface area contributed by atoms with Crippen molar-refractivity contribution in [2.24, 2.45) is 5.73 Å². The Kier molecular flexibility index (Phi) is 4.18. The molecule has 0 amide bonds. The molecule has 0 unspecified atom stereocenters. The van der Waals surface area contributed by atoms with Crippen molar-refractivity contribution >= 4 is 5.70 Å². The molecular weight excluding hydrogens is 212 g/mol. The van der Waals surface area contributed by atoms with Crippen molar-refractivity contribution < 1.29 is 4.74 Å². The molecule has 3 N–H and O–H groups in total. The van der Waals surface area contributed by atoms with E-state index in [0.717, 1.165) is 31.5 Å². The molecule has 1 aliphatic heterocycles. The number of nitrogens with one attached hydrogen (secondary N) is 1. The van der Waals surface area contributed by atoms with Crippen molar-refractivity contribution in [2.75, 3.05) is 13.1 Å². The van der Waals surface area contributed by atoms with Crippen LogP contribution in [-0.2, 0) is 11.3 Å². The predicted octanol–water partition coefficient (Wildman–Crippen LogP) is 1.88. The summed E-state index contributed by atoms with van der Waals surface area (Å²) < 4.78 is 5.88. The normalized spacial score (nSPS) is 16.9. The lowest BCUT2D eigenvalue weighted by atomic mass is 10.1. The molecule has 0 atom stereocenters. The van der Waals surface area contributed by atoms with Gasteiger partial charge in [0.05, 0.1) is 12.7 Å². The van der Waals surface area contributed by atoms with Gasteiger partial charge in [0.15, 0.2) is 0 Å². The molecule has 0 aliphatic carbocycles. The summed E-state index contributed by atoms with van der Waals surface area (Å²) in [4.78, 5) is 0. The van der Waals surface area contributed by atoms with Gasteiger partial charge in [-0.1, -0.05) is 30.8 Å². The van der Waals surface area contributed by atoms with Crippen molar-refractivity contribution in [1.29, 1.82) is 0 Å². The lowest BCUT2D eigenvalue weighted by Crippen LogP contribution is -2.32. The largest absolute Gasteiger partial charge is 0.399 e. The van der Waals surface area contributed by atoms with Crippen LogP contribution in [0, 0.1) is 0 Å². The van der Waals surface area contributed by atoms with Crippen molar-refractivity contribution in [3.63, 3.8) is 0 Å². The highest BCUT2D eigenvalue weighted by molar-refractivity contribution is 5.60. The maximum absolute atomic E-state index is 5.88. The molecule has 1 aromatic carbocycles. The minimum atomic E-state index is 0.403. The van der Waals surface area contributed by atoms with E-state index in [1.807, 2.05) is 12.1 Å². The highest BCUT2D eigenvalue weighted by Gasteiger charge is 2.12. The van der Waals surface area contributed by atoms with E-state index in [1.165, 1.54) is 5.56 Å². The van der Waals surface area contributed by atoms with Crippen molar-refractivity contribution in [3.8, 4) is 0 Å². The van der Waals surface area contributed by atoms with E-state index in [0.29, 0.717) is 18.4 Å². The molecule has 3 nitrogen and oxygen atoms in total. The van der Waals surface area contributed by atoms with Gasteiger partial charge < -0.3 is 15.8 Å². The van der Waals surface area contributed by atoms with E-state index in [2.05, 4.69) is 24.0 Å². The van der Waals surface area contributed by atoms with Crippen LogP contribution in [-0.4, -0.2) is 19.2 Å². The number of benzene rings is 1. The first-order valence-corrected chi connectivity index (χ1v) is 6.12. The van der Waals surface area contributed by atoms with Crippen LogP contribution in [0.15, 0.2) is 30.8 Å². The summed E-state index contributed by atoms with van der Waals surface area (Å²) in [6.45, 7) is 6.53. The second kappa shape index (κ2) is 5.84. The van der Waals surface area contributed by atoms with Crippen LogP contribution in [0.4, 0.5) is 0 Å². The SMILES string of the molecule is C=C(N)c1ccc(COC2CCNCC2)cc1. The molecule has 1 saturated heterocycles. The van der Waals surface area contributed by atoms with Crippen LogP contribution >= 0.6 is 0 Å². The van der Waals surface area contributed by atoms with Crippen LogP contribution < -0.4 is 11.1 Å². The van der Waals surface area contributed by atoms with Gasteiger partial charge in [-0.3, -0.25) is 0 Å². The van der Waals surface area contributed by atoms with Crippen molar-refractivity contribution in [2.45, 2.75) is 25.6 Å². The highest BCUT2D eigenvalue weighted by Crippen LogP contribution is 2.13. The van der Waals surface area contributed by atoms with E-state index in [4.69, 9.17) is 10.5 Å². The molecule has 0 saturated carbocycles. The zero-order valence-electron chi connectivity index (χ0n) is 10.1. The predicted molar refractivity (Wildman–Crippen MR) is 70.3 cm³/mol. The van der Waals surface area contributed by atoms with Gasteiger partial charge in [-0.2, -0.15) is 0 Å². The van der Waals surface area contributed by atoms with Crippen molar-refractivity contribution in [3.05, 3.63) is 42.0 Å². The molecule has 1 heterocycles. The summed E-state index contributed by atoms with van der Waals surface area (Å²) >= 11 is 0. The van der Waals surface area contributed by atoms with Crippen LogP contribution in [0.2, 0.25) is 0 Å². The zero-order valence-corrected chi connectivity index (χ0v) is 10.1. The van der Waals surface area contributed by atoms with Gasteiger partial charge in [0.1, 0.15) is 0 Å². The Morgan fingerprint density at radius 1 is 1.29 bits per heavy atom. The second-order valence-corrected chi connectivity index (χ2v) is 4.48. The molecule has 1 aliphatic rings. The van der Waals surface area contributed by atoms with Crippen LogP contribution in [0.1, 0.15) is 24.0 Å². The molecule has 1 fully saturated rings. The first-order chi connectivity index (χ1) is 8.25. The Morgan fingerprint density at radius 2 is 1.94 bits per heavy atom. The average molecular weight is 232 g/mol. The molecular formula is C14H20N2O. The molecule has 0 bridgehead atoms. The molecule has 17 heavy (non-hydrogen) atoms. The number of nitrogens with two attached hydrogens (primary N) is 1. The van der Waals surface area contributed by atoms with Crippen LogP contribution in [0.25, 0.3) is 5.70 Å². The molecule has 2 rings (SSSR count). The standard InChI is InChI=1S/C14H20N2O/c1-11(15)13-4-2-12(3-5-13)10-17-14-6-8-16-9-7-14/h2-5,14,16H,1,6-10,15H2. The number of piperidine rings is 1. The number of hydrogen-bond acceptors (Lipinski definition) is 3. The summed E-state index contributed by atoms with van der Waals surface area (Å²) in [5, 5.41) is 3.33. The van der Waals surface area contributed by atoms with E-state index in [1.54, 1.807) is 0 Å². The van der Waals surface area contributed by atoms with E-state index in [-0.39, 0.29) is 0 Å². The highest BCUT2D eigenvalue weighted by atomic mass is 16.5. The number of hydrogen-bond donors (Lipinski definition) is 2. The van der Waals surface area contributed by atoms with E-state index in [9.17, 15) is 0 Å². The summed E-state index contributed by atoms with van der Waals surface area (Å²) in [5.41, 5.74) is 8.40. The molecule has 1 aromatic rings. The van der Waals surface area contributed by atoms with Crippen LogP contribution in [0.5, 0.6) is 0 Å². The van der Waals surface area contributed by atoms with E-state index >= 15 is 0 Å². The lowest BCUT2D eigenvalue weighted by Gasteiger charge is -2.23. The van der Waals surface area contributed by atoms with E-state index < -0.39 is 0 Å². The van der Waals surface area contributed by atoms with Gasteiger partial charge in [-0.15, -0.1) is 0 Å². The number of rotatable bonds is 4. The zero-order chi connectivity index (χ0) is 12.1. The maximum atomic E-state index is 5.88. The fourth-order valence-corrected chi connectivity index (χ4v) is 1.99. The van der Waals surface area contributed by atoms with Crippen molar-refractivity contribution in [1.82, 2.24) is 5.32 Å². The summed E-state index contributed by atoms with van der Waals surface area (Å²) in [6.07, 6.45) is 2.62. The third-order valence-corrected chi connectivity index (χ3v) is 3.10. The van der Waals surface area contributed by atoms with Gasteiger partial charge in [0.2, 0.25) is 0 Å². The second-order valence-electron chi connectivity index (χ2n) is 4.48. The smallest absolute Gasteiger partial charge is 0.0720 e. The summed E-state index contributed by atoms with van der Waals surface area (Å²) in [6, 6.07) is 8.08. The first-order valence-electron chi connectivity index (χ1n) is 6.12. The monoisotopic (exact) mass is 232 g/mol. The van der Waals surface area contributed by atoms with Crippen LogP contribution in [0.3, 0.4) is 0 Å². The Labute approximate surface area is 103 Å². The summed E-state index contributed by atoms with van der Waals surface area (Å²) in [7, 11) is 0. The third kappa shape index (κ3) is 3.58. The molecule has 0 radical (unpaired) electrons. The fraction of sp³-hybridized carbons (Fsp3) is 0.429. The lowest BCUT2D eigenvalue weighted by molar-refractivity contribution is 0.0212. The third-order valence-electron chi connectivity index (χ3n) is 3.10. The topological polar surface area (TPSA) is 47.3 Å². The van der Waals surface area contributed by atoms with Gasteiger partial charge >= 0.3 is 0 Å². The molecule has 0 aromatic heterocycles. The van der Waals surface area contributed by atoms with Gasteiger partial charge in [0, 0.05) is 5.70 Å². The minimum Gasteiger partial charge on any atom is -0.399 e. The average Bonchev–Trinajstić information content (AvgIpc) is 2.38. The molecule has 0 spiro atoms. The Bertz CT molecular complexity index is 366. The van der Waals surface area contributed by atoms with Gasteiger partial charge in [-0.05, 0) is 37.1 Å². The van der Waals surface area contributed by atoms with Gasteiger partial charge in [0.25, 0.3) is 0 Å². The maximum Gasteiger partial charge on any atom is 0.0720 e. The van der Waals surface area contributed by atoms with Gasteiger partial charge in [-0.25, -0.2) is 0 Å². The molecule has 92 valence electrons. The quantitative estimate of drug-likeness (QED) is 0.833. The minimum absolute atomic E-state index is 0.403. The summed E-state index contributed by atoms with van der Waals surface area (Å²) in [5.74, 6) is 0. The Balaban J connectivity index is 1.84. The number of ether oxygens (including phenoxy) is 1. The first kappa shape index (κ1) is 12.1.